The Labute approximate surface area is 146 Å². The average Bonchev–Trinajstić information content (AvgIpc) is 2.51. The molecule has 2 fully saturated rings. The molecule has 1 N–H and O–H groups in total. The van der Waals surface area contributed by atoms with Crippen LogP contribution >= 0.6 is 0 Å². The maximum absolute atomic E-state index is 13.0. The molecule has 0 bridgehead atoms. The third-order valence-electron chi connectivity index (χ3n) is 5.56. The summed E-state index contributed by atoms with van der Waals surface area (Å²) in [6.45, 7) is 2.29. The van der Waals surface area contributed by atoms with Gasteiger partial charge in [-0.2, -0.15) is 0 Å². The van der Waals surface area contributed by atoms with E-state index in [1.165, 1.54) is 6.42 Å². The smallest absolute Gasteiger partial charge is 0.244 e. The number of sulfone groups is 1. The van der Waals surface area contributed by atoms with Crippen molar-refractivity contribution in [1.29, 1.82) is 0 Å². The van der Waals surface area contributed by atoms with E-state index in [0.717, 1.165) is 38.5 Å². The van der Waals surface area contributed by atoms with E-state index in [1.54, 1.807) is 0 Å². The second-order valence-corrected chi connectivity index (χ2v) is 10.6. The van der Waals surface area contributed by atoms with Gasteiger partial charge in [0.15, 0.2) is 9.84 Å². The van der Waals surface area contributed by atoms with Crippen molar-refractivity contribution >= 4 is 29.5 Å². The lowest BCUT2D eigenvalue weighted by atomic mass is 9.64. The van der Waals surface area contributed by atoms with Crippen LogP contribution in [0.2, 0.25) is 5.31 Å². The maximum Gasteiger partial charge on any atom is 0.244 e. The highest BCUT2D eigenvalue weighted by Crippen LogP contribution is 2.36. The molecule has 1 saturated heterocycles. The number of rotatable bonds is 2. The summed E-state index contributed by atoms with van der Waals surface area (Å²) >= 11 is 0. The monoisotopic (exact) mass is 355 g/mol. The lowest BCUT2D eigenvalue weighted by Crippen LogP contribution is -2.50. The number of piperidine rings is 1. The zero-order chi connectivity index (χ0) is 17.8. The Bertz CT molecular complexity index is 573. The summed E-state index contributed by atoms with van der Waals surface area (Å²) in [5, 5.41) is 1.04. The maximum atomic E-state index is 13.0. The number of carbonyl (C=O) groups excluding carboxylic acids is 2. The standard InChI is InChI=1S/C17H30BNO4S/c1-17(18)11-5-2-3-7-13(8-4-6-12-17)24(22,23)14-9-10-15(20)19-16(14)21/h13-14H,2-12,18H2,1H3,(H,19,20,21). The molecule has 1 aliphatic heterocycles. The van der Waals surface area contributed by atoms with Crippen LogP contribution in [0, 0.1) is 0 Å². The van der Waals surface area contributed by atoms with Gasteiger partial charge in [-0.3, -0.25) is 14.9 Å². The molecule has 0 radical (unpaired) electrons. The Hall–Kier alpha value is -0.845. The summed E-state index contributed by atoms with van der Waals surface area (Å²) in [5.74, 6) is -0.988. The number of hydrogen-bond donors (Lipinski definition) is 1. The van der Waals surface area contributed by atoms with Crippen LogP contribution in [0.1, 0.15) is 77.6 Å². The summed E-state index contributed by atoms with van der Waals surface area (Å²) in [6.07, 6.45) is 8.85. The van der Waals surface area contributed by atoms with Gasteiger partial charge in [-0.1, -0.05) is 57.2 Å². The second kappa shape index (κ2) is 8.02. The highest BCUT2D eigenvalue weighted by atomic mass is 32.2. The third-order valence-corrected chi connectivity index (χ3v) is 8.20. The van der Waals surface area contributed by atoms with Crippen LogP contribution in [0.3, 0.4) is 0 Å². The van der Waals surface area contributed by atoms with E-state index in [0.29, 0.717) is 18.2 Å². The summed E-state index contributed by atoms with van der Waals surface area (Å²) in [7, 11) is -1.24. The summed E-state index contributed by atoms with van der Waals surface area (Å²) in [5.41, 5.74) is 0. The van der Waals surface area contributed by atoms with Crippen molar-refractivity contribution in [2.24, 2.45) is 0 Å². The normalized spacial score (nSPS) is 34.2. The first kappa shape index (κ1) is 19.5. The van der Waals surface area contributed by atoms with Crippen molar-refractivity contribution in [3.63, 3.8) is 0 Å². The lowest BCUT2D eigenvalue weighted by molar-refractivity contribution is -0.132. The molecule has 7 heteroatoms. The molecule has 0 aromatic rings. The number of hydrogen-bond acceptors (Lipinski definition) is 4. The largest absolute Gasteiger partial charge is 0.295 e. The van der Waals surface area contributed by atoms with E-state index in [9.17, 15) is 18.0 Å². The minimum atomic E-state index is -3.53. The Kier molecular flexibility index (Phi) is 6.51. The van der Waals surface area contributed by atoms with Gasteiger partial charge in [0.25, 0.3) is 0 Å². The second-order valence-electron chi connectivity index (χ2n) is 8.16. The van der Waals surface area contributed by atoms with E-state index in [2.05, 4.69) is 20.1 Å². The first-order valence-electron chi connectivity index (χ1n) is 9.29. The van der Waals surface area contributed by atoms with Crippen LogP contribution in [-0.2, 0) is 19.4 Å². The number of amides is 2. The molecule has 2 aliphatic rings. The Balaban J connectivity index is 2.07. The predicted octanol–water partition coefficient (Wildman–Crippen LogP) is 1.91. The van der Waals surface area contributed by atoms with Crippen LogP contribution in [0.15, 0.2) is 0 Å². The number of nitrogens with one attached hydrogen (secondary N) is 1. The summed E-state index contributed by atoms with van der Waals surface area (Å²) < 4.78 is 25.9. The molecular formula is C17H30BNO4S. The van der Waals surface area contributed by atoms with Crippen molar-refractivity contribution < 1.29 is 18.0 Å². The molecule has 2 amide bonds. The minimum Gasteiger partial charge on any atom is -0.295 e. The first-order valence-corrected chi connectivity index (χ1v) is 10.9. The fourth-order valence-electron chi connectivity index (χ4n) is 3.95. The van der Waals surface area contributed by atoms with Gasteiger partial charge in [0.05, 0.1) is 5.25 Å². The highest BCUT2D eigenvalue weighted by molar-refractivity contribution is 7.93. The van der Waals surface area contributed by atoms with Gasteiger partial charge in [0, 0.05) is 6.42 Å². The minimum absolute atomic E-state index is 0.122. The molecule has 0 spiro atoms. The molecule has 1 saturated carbocycles. The molecular weight excluding hydrogens is 325 g/mol. The fraction of sp³-hybridized carbons (Fsp3) is 0.882. The van der Waals surface area contributed by atoms with Crippen molar-refractivity contribution in [2.45, 2.75) is 93.4 Å². The molecule has 0 aromatic heterocycles. The van der Waals surface area contributed by atoms with Crippen LogP contribution < -0.4 is 5.32 Å². The van der Waals surface area contributed by atoms with Crippen LogP contribution in [0.25, 0.3) is 0 Å². The molecule has 5 nitrogen and oxygen atoms in total. The SMILES string of the molecule is BC1(C)CCCCCC(S(=O)(=O)C2CCC(=O)NC2=O)CCCC1. The number of imide groups is 1. The zero-order valence-electron chi connectivity index (χ0n) is 15.0. The van der Waals surface area contributed by atoms with E-state index >= 15 is 0 Å². The van der Waals surface area contributed by atoms with Gasteiger partial charge < -0.3 is 0 Å². The van der Waals surface area contributed by atoms with Gasteiger partial charge >= 0.3 is 0 Å². The molecule has 3 unspecified atom stereocenters. The van der Waals surface area contributed by atoms with Crippen LogP contribution in [0.5, 0.6) is 0 Å². The van der Waals surface area contributed by atoms with Gasteiger partial charge in [0.1, 0.15) is 13.1 Å². The Morgan fingerprint density at radius 3 is 2.21 bits per heavy atom. The van der Waals surface area contributed by atoms with Crippen LogP contribution in [0.4, 0.5) is 0 Å². The molecule has 136 valence electrons. The molecule has 24 heavy (non-hydrogen) atoms. The lowest BCUT2D eigenvalue weighted by Gasteiger charge is -2.26. The summed E-state index contributed by atoms with van der Waals surface area (Å²) in [6, 6.07) is 0. The van der Waals surface area contributed by atoms with Crippen molar-refractivity contribution in [1.82, 2.24) is 5.32 Å². The quantitative estimate of drug-likeness (QED) is 0.606. The van der Waals surface area contributed by atoms with Gasteiger partial charge in [-0.25, -0.2) is 8.42 Å². The number of carbonyl (C=O) groups is 2. The van der Waals surface area contributed by atoms with Crippen molar-refractivity contribution in [3.05, 3.63) is 0 Å². The molecule has 3 atom stereocenters. The van der Waals surface area contributed by atoms with E-state index in [1.807, 2.05) is 0 Å². The van der Waals surface area contributed by atoms with Crippen molar-refractivity contribution in [2.75, 3.05) is 0 Å². The molecule has 1 heterocycles. The molecule has 1 aliphatic carbocycles. The average molecular weight is 355 g/mol. The van der Waals surface area contributed by atoms with E-state index in [-0.39, 0.29) is 18.7 Å². The topological polar surface area (TPSA) is 80.3 Å². The fourth-order valence-corrected chi connectivity index (χ4v) is 6.20. The van der Waals surface area contributed by atoms with Crippen molar-refractivity contribution in [3.8, 4) is 0 Å². The molecule has 0 aromatic carbocycles. The van der Waals surface area contributed by atoms with Gasteiger partial charge in [-0.15, -0.1) is 0 Å². The van der Waals surface area contributed by atoms with Gasteiger partial charge in [0.2, 0.25) is 11.8 Å². The third kappa shape index (κ3) is 5.07. The summed E-state index contributed by atoms with van der Waals surface area (Å²) in [4.78, 5) is 23.3. The van der Waals surface area contributed by atoms with E-state index < -0.39 is 26.2 Å². The Morgan fingerprint density at radius 1 is 1.00 bits per heavy atom. The highest BCUT2D eigenvalue weighted by Gasteiger charge is 2.41. The first-order chi connectivity index (χ1) is 11.2. The predicted molar refractivity (Wildman–Crippen MR) is 97.3 cm³/mol. The molecule has 2 rings (SSSR count). The van der Waals surface area contributed by atoms with Crippen LogP contribution in [-0.4, -0.2) is 38.6 Å². The van der Waals surface area contributed by atoms with E-state index in [4.69, 9.17) is 0 Å². The Morgan fingerprint density at radius 2 is 1.58 bits per heavy atom. The van der Waals surface area contributed by atoms with Gasteiger partial charge in [-0.05, 0) is 19.3 Å². The zero-order valence-corrected chi connectivity index (χ0v) is 15.8.